The molecule has 6 nitrogen and oxygen atoms in total. The third kappa shape index (κ3) is 6.15. The van der Waals surface area contributed by atoms with E-state index in [1.807, 2.05) is 0 Å². The van der Waals surface area contributed by atoms with Crippen LogP contribution < -0.4 is 16.4 Å². The molecule has 0 heterocycles. The molecule has 0 bridgehead atoms. The summed E-state index contributed by atoms with van der Waals surface area (Å²) in [4.78, 5) is 35.8. The Morgan fingerprint density at radius 1 is 0.964 bits per heavy atom. The van der Waals surface area contributed by atoms with Crippen molar-refractivity contribution in [1.29, 1.82) is 0 Å². The zero-order chi connectivity index (χ0) is 20.7. The molecule has 2 rings (SSSR count). The average molecular weight is 389 g/mol. The highest BCUT2D eigenvalue weighted by molar-refractivity contribution is 5.91. The molecule has 0 aliphatic rings. The van der Waals surface area contributed by atoms with E-state index in [2.05, 4.69) is 10.6 Å². The summed E-state index contributed by atoms with van der Waals surface area (Å²) >= 11 is 0. The second-order valence-electron chi connectivity index (χ2n) is 6.35. The van der Waals surface area contributed by atoms with Gasteiger partial charge in [0.2, 0.25) is 17.7 Å². The number of nitrogens with two attached hydrogens (primary N) is 1. The van der Waals surface area contributed by atoms with Crippen molar-refractivity contribution in [3.05, 3.63) is 71.3 Å². The van der Waals surface area contributed by atoms with E-state index in [-0.39, 0.29) is 18.4 Å². The maximum Gasteiger partial charge on any atom is 0.243 e. The Morgan fingerprint density at radius 3 is 2.29 bits per heavy atom. The predicted octanol–water partition coefficient (Wildman–Crippen LogP) is 1.22. The lowest BCUT2D eigenvalue weighted by Crippen LogP contribution is -2.54. The van der Waals surface area contributed by atoms with Gasteiger partial charge in [0.05, 0.1) is 0 Å². The van der Waals surface area contributed by atoms with Crippen LogP contribution in [0.15, 0.2) is 48.5 Å². The minimum Gasteiger partial charge on any atom is -0.368 e. The van der Waals surface area contributed by atoms with Gasteiger partial charge in [0.25, 0.3) is 0 Å². The minimum atomic E-state index is -1.17. The smallest absolute Gasteiger partial charge is 0.243 e. The molecule has 0 fully saturated rings. The molecule has 2 atom stereocenters. The normalized spacial score (nSPS) is 12.7. The second kappa shape index (κ2) is 9.59. The molecule has 0 radical (unpaired) electrons. The van der Waals surface area contributed by atoms with Gasteiger partial charge >= 0.3 is 0 Å². The molecule has 4 N–H and O–H groups in total. The molecule has 0 spiro atoms. The van der Waals surface area contributed by atoms with E-state index in [0.717, 1.165) is 0 Å². The Labute approximate surface area is 161 Å². The predicted molar refractivity (Wildman–Crippen MR) is 98.9 cm³/mol. The largest absolute Gasteiger partial charge is 0.368 e. The van der Waals surface area contributed by atoms with Crippen molar-refractivity contribution in [1.82, 2.24) is 10.6 Å². The summed E-state index contributed by atoms with van der Waals surface area (Å²) in [6.45, 7) is 1.23. The van der Waals surface area contributed by atoms with Crippen LogP contribution in [0.3, 0.4) is 0 Å². The molecule has 0 saturated carbocycles. The molecule has 148 valence electrons. The minimum absolute atomic E-state index is 0.00829. The Bertz CT molecular complexity index is 873. The number of carbonyl (C=O) groups excluding carboxylic acids is 3. The van der Waals surface area contributed by atoms with Crippen LogP contribution in [-0.2, 0) is 27.2 Å². The summed E-state index contributed by atoms with van der Waals surface area (Å²) in [5, 5.41) is 4.91. The highest BCUT2D eigenvalue weighted by Crippen LogP contribution is 2.11. The first kappa shape index (κ1) is 21.0. The fourth-order valence-electron chi connectivity index (χ4n) is 2.73. The van der Waals surface area contributed by atoms with Gasteiger partial charge in [-0.05, 0) is 29.3 Å². The zero-order valence-corrected chi connectivity index (χ0v) is 15.2. The average Bonchev–Trinajstić information content (AvgIpc) is 2.61. The van der Waals surface area contributed by atoms with Crippen LogP contribution >= 0.6 is 0 Å². The first-order chi connectivity index (χ1) is 13.3. The van der Waals surface area contributed by atoms with Gasteiger partial charge in [-0.2, -0.15) is 0 Å². The van der Waals surface area contributed by atoms with Gasteiger partial charge in [0, 0.05) is 19.8 Å². The van der Waals surface area contributed by atoms with E-state index in [9.17, 15) is 23.2 Å². The standard InChI is InChI=1S/C20H21F2N3O3/c1-12(26)24-18(10-13-5-4-7-15(21)9-13)20(28)25-17(19(23)27)11-14-6-2-3-8-16(14)22/h2-9,17-18H,10-11H2,1H3,(H2,23,27)(H,24,26)(H,25,28)/t17-,18+/m1/s1. The van der Waals surface area contributed by atoms with Gasteiger partial charge in [-0.25, -0.2) is 8.78 Å². The topological polar surface area (TPSA) is 101 Å². The fourth-order valence-corrected chi connectivity index (χ4v) is 2.73. The number of hydrogen-bond donors (Lipinski definition) is 3. The van der Waals surface area contributed by atoms with Gasteiger partial charge < -0.3 is 16.4 Å². The van der Waals surface area contributed by atoms with Crippen molar-refractivity contribution in [2.45, 2.75) is 31.8 Å². The van der Waals surface area contributed by atoms with Crippen molar-refractivity contribution < 1.29 is 23.2 Å². The first-order valence-electron chi connectivity index (χ1n) is 8.61. The summed E-state index contributed by atoms with van der Waals surface area (Å²) in [5.74, 6) is -3.00. The van der Waals surface area contributed by atoms with Crippen LogP contribution in [0.4, 0.5) is 8.78 Å². The van der Waals surface area contributed by atoms with Crippen molar-refractivity contribution in [2.24, 2.45) is 5.73 Å². The number of hydrogen-bond acceptors (Lipinski definition) is 3. The first-order valence-corrected chi connectivity index (χ1v) is 8.61. The highest BCUT2D eigenvalue weighted by atomic mass is 19.1. The second-order valence-corrected chi connectivity index (χ2v) is 6.35. The fraction of sp³-hybridized carbons (Fsp3) is 0.250. The number of halogens is 2. The SMILES string of the molecule is CC(=O)N[C@@H](Cc1cccc(F)c1)C(=O)N[C@H](Cc1ccccc1F)C(N)=O. The van der Waals surface area contributed by atoms with Crippen LogP contribution in [0.1, 0.15) is 18.1 Å². The van der Waals surface area contributed by atoms with Gasteiger partial charge in [-0.15, -0.1) is 0 Å². The van der Waals surface area contributed by atoms with Crippen LogP contribution in [0.2, 0.25) is 0 Å². The van der Waals surface area contributed by atoms with Gasteiger partial charge in [-0.3, -0.25) is 14.4 Å². The van der Waals surface area contributed by atoms with Crippen molar-refractivity contribution in [3.8, 4) is 0 Å². The Morgan fingerprint density at radius 2 is 1.68 bits per heavy atom. The third-order valence-electron chi connectivity index (χ3n) is 4.06. The summed E-state index contributed by atoms with van der Waals surface area (Å²) in [6, 6.07) is 9.18. The molecule has 0 unspecified atom stereocenters. The maximum absolute atomic E-state index is 13.8. The van der Waals surface area contributed by atoms with Crippen LogP contribution in [0, 0.1) is 11.6 Å². The molecule has 3 amide bonds. The molecule has 0 aliphatic carbocycles. The van der Waals surface area contributed by atoms with E-state index in [1.54, 1.807) is 12.1 Å². The number of rotatable bonds is 8. The number of primary amides is 1. The molecular formula is C20H21F2N3O3. The van der Waals surface area contributed by atoms with Crippen molar-refractivity contribution in [3.63, 3.8) is 0 Å². The lowest BCUT2D eigenvalue weighted by atomic mass is 10.0. The van der Waals surface area contributed by atoms with Crippen LogP contribution in [-0.4, -0.2) is 29.8 Å². The summed E-state index contributed by atoms with van der Waals surface area (Å²) < 4.78 is 27.2. The van der Waals surface area contributed by atoms with E-state index < -0.39 is 41.4 Å². The molecule has 0 aliphatic heterocycles. The van der Waals surface area contributed by atoms with Gasteiger partial charge in [0.1, 0.15) is 23.7 Å². The quantitative estimate of drug-likeness (QED) is 0.633. The van der Waals surface area contributed by atoms with Crippen molar-refractivity contribution in [2.75, 3.05) is 0 Å². The van der Waals surface area contributed by atoms with Crippen LogP contribution in [0.5, 0.6) is 0 Å². The molecular weight excluding hydrogens is 368 g/mol. The lowest BCUT2D eigenvalue weighted by molar-refractivity contribution is -0.130. The van der Waals surface area contributed by atoms with E-state index in [1.165, 1.54) is 43.3 Å². The molecule has 2 aromatic rings. The van der Waals surface area contributed by atoms with Crippen molar-refractivity contribution >= 4 is 17.7 Å². The number of amides is 3. The molecule has 8 heteroatoms. The Hall–Kier alpha value is -3.29. The summed E-state index contributed by atoms with van der Waals surface area (Å²) in [7, 11) is 0. The summed E-state index contributed by atoms with van der Waals surface area (Å²) in [6.07, 6.45) is -0.130. The zero-order valence-electron chi connectivity index (χ0n) is 15.2. The maximum atomic E-state index is 13.8. The number of benzene rings is 2. The van der Waals surface area contributed by atoms with E-state index >= 15 is 0 Å². The van der Waals surface area contributed by atoms with Gasteiger partial charge in [-0.1, -0.05) is 30.3 Å². The van der Waals surface area contributed by atoms with Crippen LogP contribution in [0.25, 0.3) is 0 Å². The Balaban J connectivity index is 2.15. The molecule has 0 saturated heterocycles. The van der Waals surface area contributed by atoms with Gasteiger partial charge in [0.15, 0.2) is 0 Å². The number of nitrogens with one attached hydrogen (secondary N) is 2. The number of carbonyl (C=O) groups is 3. The molecule has 28 heavy (non-hydrogen) atoms. The monoisotopic (exact) mass is 389 g/mol. The molecule has 0 aromatic heterocycles. The molecule has 2 aromatic carbocycles. The Kier molecular flexibility index (Phi) is 7.20. The van der Waals surface area contributed by atoms with E-state index in [4.69, 9.17) is 5.73 Å². The van der Waals surface area contributed by atoms with E-state index in [0.29, 0.717) is 5.56 Å². The third-order valence-corrected chi connectivity index (χ3v) is 4.06. The lowest BCUT2D eigenvalue weighted by Gasteiger charge is -2.22. The highest BCUT2D eigenvalue weighted by Gasteiger charge is 2.26. The summed E-state index contributed by atoms with van der Waals surface area (Å²) in [5.41, 5.74) is 6.04.